The number of aromatic carboxylic acids is 1. The molecule has 0 saturated heterocycles. The van der Waals surface area contributed by atoms with Crippen molar-refractivity contribution in [2.45, 2.75) is 6.92 Å². The Kier molecular flexibility index (Phi) is 2.45. The third kappa shape index (κ3) is 1.81. The van der Waals surface area contributed by atoms with Crippen LogP contribution in [-0.2, 0) is 7.05 Å². The first-order valence-corrected chi connectivity index (χ1v) is 6.04. The highest BCUT2D eigenvalue weighted by atomic mass is 16.4. The Balaban J connectivity index is 2.23. The number of carboxylic acid groups (broad SMARTS) is 1. The van der Waals surface area contributed by atoms with E-state index in [2.05, 4.69) is 23.2 Å². The molecule has 0 spiro atoms. The van der Waals surface area contributed by atoms with Gasteiger partial charge in [-0.3, -0.25) is 0 Å². The number of fused-ring (bicyclic) bond motifs is 1. The Morgan fingerprint density at radius 1 is 1.26 bits per heavy atom. The molecule has 0 radical (unpaired) electrons. The van der Waals surface area contributed by atoms with Gasteiger partial charge >= 0.3 is 5.97 Å². The molecule has 0 amide bonds. The fraction of sp³-hybridized carbons (Fsp3) is 0.133. The van der Waals surface area contributed by atoms with Gasteiger partial charge in [-0.2, -0.15) is 0 Å². The quantitative estimate of drug-likeness (QED) is 0.738. The largest absolute Gasteiger partial charge is 0.477 e. The second-order valence-corrected chi connectivity index (χ2v) is 4.77. The predicted octanol–water partition coefficient (Wildman–Crippen LogP) is 3.18. The Hall–Kier alpha value is -2.49. The lowest BCUT2D eigenvalue weighted by Crippen LogP contribution is -1.95. The van der Waals surface area contributed by atoms with Crippen LogP contribution in [-0.4, -0.2) is 20.6 Å². The third-order valence-corrected chi connectivity index (χ3v) is 3.35. The van der Waals surface area contributed by atoms with Gasteiger partial charge in [0.05, 0.1) is 0 Å². The maximum Gasteiger partial charge on any atom is 0.352 e. The van der Waals surface area contributed by atoms with E-state index in [9.17, 15) is 4.79 Å². The number of nitrogens with zero attached hydrogens (tertiary/aromatic N) is 1. The van der Waals surface area contributed by atoms with Gasteiger partial charge in [0, 0.05) is 35.4 Å². The maximum atomic E-state index is 10.9. The van der Waals surface area contributed by atoms with Gasteiger partial charge in [-0.05, 0) is 31.2 Å². The molecule has 0 atom stereocenters. The Morgan fingerprint density at radius 3 is 2.74 bits per heavy atom. The number of aryl methyl sites for hydroxylation is 2. The predicted molar refractivity (Wildman–Crippen MR) is 74.4 cm³/mol. The first-order chi connectivity index (χ1) is 9.06. The molecule has 0 aliphatic rings. The lowest BCUT2D eigenvalue weighted by molar-refractivity contribution is 0.0691. The molecule has 19 heavy (non-hydrogen) atoms. The fourth-order valence-corrected chi connectivity index (χ4v) is 2.40. The summed E-state index contributed by atoms with van der Waals surface area (Å²) in [6.45, 7) is 2.05. The van der Waals surface area contributed by atoms with Gasteiger partial charge in [0.1, 0.15) is 5.69 Å². The molecule has 2 aromatic heterocycles. The number of rotatable bonds is 2. The summed E-state index contributed by atoms with van der Waals surface area (Å²) < 4.78 is 2.05. The standard InChI is InChI=1S/C15H14N2O2/c1-9-3-6-14-10(7-9)11(8-17(14)2)12-4-5-13(16-12)15(18)19/h3-8,16H,1-2H3,(H,18,19). The second-order valence-electron chi connectivity index (χ2n) is 4.77. The molecule has 96 valence electrons. The first-order valence-electron chi connectivity index (χ1n) is 6.04. The van der Waals surface area contributed by atoms with Gasteiger partial charge in [-0.1, -0.05) is 11.6 Å². The van der Waals surface area contributed by atoms with E-state index in [0.717, 1.165) is 22.2 Å². The summed E-state index contributed by atoms with van der Waals surface area (Å²) in [6, 6.07) is 9.66. The van der Waals surface area contributed by atoms with Crippen molar-refractivity contribution in [3.05, 3.63) is 47.8 Å². The summed E-state index contributed by atoms with van der Waals surface area (Å²) in [4.78, 5) is 13.9. The molecular weight excluding hydrogens is 240 g/mol. The van der Waals surface area contributed by atoms with Crippen molar-refractivity contribution in [2.24, 2.45) is 7.05 Å². The Morgan fingerprint density at radius 2 is 2.05 bits per heavy atom. The molecule has 1 aromatic carbocycles. The zero-order valence-corrected chi connectivity index (χ0v) is 10.8. The number of benzene rings is 1. The average Bonchev–Trinajstić information content (AvgIpc) is 2.94. The zero-order valence-electron chi connectivity index (χ0n) is 10.8. The minimum Gasteiger partial charge on any atom is -0.477 e. The van der Waals surface area contributed by atoms with Gasteiger partial charge in [0.2, 0.25) is 0 Å². The van der Waals surface area contributed by atoms with Crippen LogP contribution in [0.1, 0.15) is 16.1 Å². The Labute approximate surface area is 110 Å². The number of aromatic nitrogens is 2. The normalized spacial score (nSPS) is 11.1. The Bertz CT molecular complexity index is 781. The smallest absolute Gasteiger partial charge is 0.352 e. The molecule has 2 N–H and O–H groups in total. The van der Waals surface area contributed by atoms with E-state index >= 15 is 0 Å². The molecule has 3 rings (SSSR count). The van der Waals surface area contributed by atoms with Crippen molar-refractivity contribution in [1.29, 1.82) is 0 Å². The van der Waals surface area contributed by atoms with Crippen LogP contribution in [0.15, 0.2) is 36.5 Å². The third-order valence-electron chi connectivity index (χ3n) is 3.35. The van der Waals surface area contributed by atoms with E-state index in [0.29, 0.717) is 0 Å². The van der Waals surface area contributed by atoms with E-state index in [1.807, 2.05) is 24.7 Å². The highest BCUT2D eigenvalue weighted by Gasteiger charge is 2.12. The van der Waals surface area contributed by atoms with Gasteiger partial charge in [0.25, 0.3) is 0 Å². The number of nitrogens with one attached hydrogen (secondary N) is 1. The highest BCUT2D eigenvalue weighted by molar-refractivity contribution is 5.96. The monoisotopic (exact) mass is 254 g/mol. The lowest BCUT2D eigenvalue weighted by Gasteiger charge is -1.98. The summed E-state index contributed by atoms with van der Waals surface area (Å²) in [6.07, 6.45) is 2.02. The highest BCUT2D eigenvalue weighted by Crippen LogP contribution is 2.30. The number of hydrogen-bond acceptors (Lipinski definition) is 1. The van der Waals surface area contributed by atoms with Gasteiger partial charge < -0.3 is 14.7 Å². The first kappa shape index (κ1) is 11.6. The molecule has 4 nitrogen and oxygen atoms in total. The minimum atomic E-state index is -0.942. The topological polar surface area (TPSA) is 58.0 Å². The van der Waals surface area contributed by atoms with Crippen LogP contribution in [0, 0.1) is 6.92 Å². The summed E-state index contributed by atoms with van der Waals surface area (Å²) >= 11 is 0. The SMILES string of the molecule is Cc1ccc2c(c1)c(-c1ccc(C(=O)O)[nH]1)cn2C. The fourth-order valence-electron chi connectivity index (χ4n) is 2.40. The molecule has 0 bridgehead atoms. The molecule has 0 saturated carbocycles. The van der Waals surface area contributed by atoms with Gasteiger partial charge in [-0.15, -0.1) is 0 Å². The summed E-state index contributed by atoms with van der Waals surface area (Å²) in [5.74, 6) is -0.942. The second kappa shape index (κ2) is 4.02. The van der Waals surface area contributed by atoms with Crippen molar-refractivity contribution in [3.63, 3.8) is 0 Å². The number of H-pyrrole nitrogens is 1. The van der Waals surface area contributed by atoms with E-state index in [4.69, 9.17) is 5.11 Å². The van der Waals surface area contributed by atoms with Crippen molar-refractivity contribution in [3.8, 4) is 11.3 Å². The molecule has 0 fully saturated rings. The van der Waals surface area contributed by atoms with Crippen LogP contribution < -0.4 is 0 Å². The summed E-state index contributed by atoms with van der Waals surface area (Å²) in [5.41, 5.74) is 4.37. The molecule has 0 aliphatic heterocycles. The van der Waals surface area contributed by atoms with Crippen LogP contribution in [0.4, 0.5) is 0 Å². The van der Waals surface area contributed by atoms with Gasteiger partial charge in [0.15, 0.2) is 0 Å². The van der Waals surface area contributed by atoms with Crippen molar-refractivity contribution in [2.75, 3.05) is 0 Å². The maximum absolute atomic E-state index is 10.9. The molecule has 4 heteroatoms. The number of aromatic amines is 1. The minimum absolute atomic E-state index is 0.208. The summed E-state index contributed by atoms with van der Waals surface area (Å²) in [7, 11) is 1.99. The number of carbonyl (C=O) groups is 1. The molecule has 0 unspecified atom stereocenters. The summed E-state index contributed by atoms with van der Waals surface area (Å²) in [5, 5.41) is 10.1. The van der Waals surface area contributed by atoms with E-state index in [1.54, 1.807) is 12.1 Å². The van der Waals surface area contributed by atoms with E-state index in [-0.39, 0.29) is 5.69 Å². The van der Waals surface area contributed by atoms with Crippen LogP contribution >= 0.6 is 0 Å². The van der Waals surface area contributed by atoms with E-state index < -0.39 is 5.97 Å². The van der Waals surface area contributed by atoms with Crippen LogP contribution in [0.2, 0.25) is 0 Å². The van der Waals surface area contributed by atoms with Crippen LogP contribution in [0.5, 0.6) is 0 Å². The molecule has 3 aromatic rings. The number of hydrogen-bond donors (Lipinski definition) is 2. The van der Waals surface area contributed by atoms with Crippen LogP contribution in [0.3, 0.4) is 0 Å². The van der Waals surface area contributed by atoms with Crippen LogP contribution in [0.25, 0.3) is 22.2 Å². The lowest BCUT2D eigenvalue weighted by atomic mass is 10.1. The van der Waals surface area contributed by atoms with Gasteiger partial charge in [-0.25, -0.2) is 4.79 Å². The van der Waals surface area contributed by atoms with Crippen molar-refractivity contribution in [1.82, 2.24) is 9.55 Å². The average molecular weight is 254 g/mol. The molecular formula is C15H14N2O2. The van der Waals surface area contributed by atoms with E-state index in [1.165, 1.54) is 5.56 Å². The zero-order chi connectivity index (χ0) is 13.6. The van der Waals surface area contributed by atoms with Crippen molar-refractivity contribution < 1.29 is 9.90 Å². The molecule has 2 heterocycles. The number of carboxylic acids is 1. The molecule has 0 aliphatic carbocycles. The van der Waals surface area contributed by atoms with Crippen molar-refractivity contribution >= 4 is 16.9 Å².